The van der Waals surface area contributed by atoms with Gasteiger partial charge in [-0.05, 0) is 61.6 Å². The lowest BCUT2D eigenvalue weighted by Gasteiger charge is -2.15. The molecule has 0 saturated carbocycles. The Kier molecular flexibility index (Phi) is 3.33. The van der Waals surface area contributed by atoms with Crippen LogP contribution in [0.1, 0.15) is 33.6 Å². The maximum atomic E-state index is 4.52. The first-order valence-electron chi connectivity index (χ1n) is 9.52. The van der Waals surface area contributed by atoms with Crippen LogP contribution in [-0.2, 0) is 13.5 Å². The fourth-order valence-electron chi connectivity index (χ4n) is 4.71. The Balaban J connectivity index is 1.84. The van der Waals surface area contributed by atoms with Crippen LogP contribution in [0.15, 0.2) is 42.7 Å². The quantitative estimate of drug-likeness (QED) is 0.401. The van der Waals surface area contributed by atoms with Gasteiger partial charge in [-0.25, -0.2) is 4.98 Å². The molecule has 0 radical (unpaired) electrons. The van der Waals surface area contributed by atoms with Gasteiger partial charge in [0.15, 0.2) is 0 Å². The minimum atomic E-state index is 0.928. The first-order chi connectivity index (χ1) is 13.0. The highest BCUT2D eigenvalue weighted by molar-refractivity contribution is 5.85. The average Bonchev–Trinajstić information content (AvgIpc) is 3.23. The average molecular weight is 354 g/mol. The van der Waals surface area contributed by atoms with Crippen molar-refractivity contribution < 1.29 is 4.57 Å². The number of hydrogen-bond acceptors (Lipinski definition) is 1. The number of aryl methyl sites for hydroxylation is 3. The molecule has 0 fully saturated rings. The molecule has 0 atom stereocenters. The van der Waals surface area contributed by atoms with Crippen LogP contribution in [0.2, 0.25) is 0 Å². The molecule has 3 heterocycles. The molecule has 1 aliphatic heterocycles. The van der Waals surface area contributed by atoms with E-state index in [0.717, 1.165) is 12.2 Å². The van der Waals surface area contributed by atoms with Gasteiger partial charge in [0.1, 0.15) is 12.9 Å². The highest BCUT2D eigenvalue weighted by atomic mass is 15.1. The summed E-state index contributed by atoms with van der Waals surface area (Å²) in [5.41, 5.74) is 12.0. The zero-order chi connectivity index (χ0) is 18.9. The summed E-state index contributed by atoms with van der Waals surface area (Å²) in [4.78, 5) is 4.52. The Morgan fingerprint density at radius 2 is 1.81 bits per heavy atom. The minimum Gasteiger partial charge on any atom is -0.303 e. The molecule has 0 saturated heterocycles. The number of nitrogens with zero attached hydrogens (tertiary/aromatic N) is 3. The Morgan fingerprint density at radius 3 is 2.63 bits per heavy atom. The highest BCUT2D eigenvalue weighted by Gasteiger charge is 2.26. The molecule has 134 valence electrons. The molecule has 0 unspecified atom stereocenters. The summed E-state index contributed by atoms with van der Waals surface area (Å²) in [6, 6.07) is 11.3. The van der Waals surface area contributed by atoms with Gasteiger partial charge in [-0.1, -0.05) is 12.1 Å². The topological polar surface area (TPSA) is 21.7 Å². The summed E-state index contributed by atoms with van der Waals surface area (Å²) in [7, 11) is 2.18. The summed E-state index contributed by atoms with van der Waals surface area (Å²) in [6.07, 6.45) is 4.90. The Hall–Kier alpha value is -2.94. The highest BCUT2D eigenvalue weighted by Crippen LogP contribution is 2.37. The maximum Gasteiger partial charge on any atom is 0.213 e. The van der Waals surface area contributed by atoms with Crippen LogP contribution in [0.4, 0.5) is 0 Å². The van der Waals surface area contributed by atoms with Crippen molar-refractivity contribution in [3.63, 3.8) is 0 Å². The van der Waals surface area contributed by atoms with Crippen molar-refractivity contribution >= 4 is 10.9 Å². The molecular formula is C24H24N3+. The van der Waals surface area contributed by atoms with Crippen molar-refractivity contribution in [3.05, 3.63) is 76.4 Å². The van der Waals surface area contributed by atoms with Gasteiger partial charge < -0.3 is 4.57 Å². The molecule has 0 N–H and O–H groups in total. The fraction of sp³-hybridized carbons (Fsp3) is 0.250. The van der Waals surface area contributed by atoms with Crippen molar-refractivity contribution in [2.45, 2.75) is 34.1 Å². The van der Waals surface area contributed by atoms with E-state index in [9.17, 15) is 0 Å². The minimum absolute atomic E-state index is 0.928. The van der Waals surface area contributed by atoms with Crippen LogP contribution in [0.25, 0.3) is 27.8 Å². The first-order valence-corrected chi connectivity index (χ1v) is 9.52. The van der Waals surface area contributed by atoms with E-state index < -0.39 is 0 Å². The van der Waals surface area contributed by atoms with Crippen LogP contribution < -0.4 is 4.57 Å². The Morgan fingerprint density at radius 1 is 1.00 bits per heavy atom. The van der Waals surface area contributed by atoms with Gasteiger partial charge in [-0.15, -0.1) is 0 Å². The predicted molar refractivity (Wildman–Crippen MR) is 109 cm³/mol. The molecule has 1 aliphatic rings. The van der Waals surface area contributed by atoms with E-state index in [1.54, 1.807) is 0 Å². The van der Waals surface area contributed by atoms with Gasteiger partial charge >= 0.3 is 0 Å². The third-order valence-electron chi connectivity index (χ3n) is 6.32. The van der Waals surface area contributed by atoms with Gasteiger partial charge in [0.2, 0.25) is 11.2 Å². The van der Waals surface area contributed by atoms with E-state index >= 15 is 0 Å². The molecule has 3 heteroatoms. The molecular weight excluding hydrogens is 330 g/mol. The van der Waals surface area contributed by atoms with Gasteiger partial charge in [0.05, 0.1) is 16.6 Å². The Bertz CT molecular complexity index is 1240. The van der Waals surface area contributed by atoms with Gasteiger partial charge in [0, 0.05) is 30.9 Å². The standard InChI is InChI=1S/C24H24N3/c1-14-7-6-8-20-24(14)15(2)11-21(26(20)5)18-12-22-19(17(4)16(18)3)13-23-25-9-10-27(22)23/h6-12H,13H2,1-5H3/q+1. The number of rotatable bonds is 1. The molecule has 0 aliphatic carbocycles. The van der Waals surface area contributed by atoms with Crippen LogP contribution >= 0.6 is 0 Å². The largest absolute Gasteiger partial charge is 0.303 e. The van der Waals surface area contributed by atoms with E-state index in [1.807, 2.05) is 6.20 Å². The zero-order valence-electron chi connectivity index (χ0n) is 16.6. The summed E-state index contributed by atoms with van der Waals surface area (Å²) < 4.78 is 4.58. The van der Waals surface area contributed by atoms with Crippen LogP contribution in [0, 0.1) is 27.7 Å². The van der Waals surface area contributed by atoms with Crippen LogP contribution in [-0.4, -0.2) is 9.55 Å². The Labute approximate surface area is 159 Å². The van der Waals surface area contributed by atoms with Crippen molar-refractivity contribution in [2.75, 3.05) is 0 Å². The monoisotopic (exact) mass is 354 g/mol. The molecule has 0 bridgehead atoms. The van der Waals surface area contributed by atoms with Crippen molar-refractivity contribution in [1.82, 2.24) is 9.55 Å². The number of hydrogen-bond donors (Lipinski definition) is 0. The second-order valence-electron chi connectivity index (χ2n) is 7.80. The smallest absolute Gasteiger partial charge is 0.213 e. The van der Waals surface area contributed by atoms with Gasteiger partial charge in [-0.2, -0.15) is 4.57 Å². The second-order valence-corrected chi connectivity index (χ2v) is 7.80. The van der Waals surface area contributed by atoms with E-state index in [0.29, 0.717) is 0 Å². The second kappa shape index (κ2) is 5.53. The van der Waals surface area contributed by atoms with Crippen LogP contribution in [0.3, 0.4) is 0 Å². The number of imidazole rings is 1. The first kappa shape index (κ1) is 16.2. The number of benzene rings is 2. The maximum absolute atomic E-state index is 4.52. The lowest BCUT2D eigenvalue weighted by atomic mass is 9.92. The van der Waals surface area contributed by atoms with E-state index in [2.05, 4.69) is 85.4 Å². The van der Waals surface area contributed by atoms with Crippen LogP contribution in [0.5, 0.6) is 0 Å². The normalized spacial score (nSPS) is 12.5. The SMILES string of the molecule is Cc1c(-c2cc(C)c3c(C)cccc3[n+]2C)cc2c(c1C)Cc1nccn1-2. The lowest BCUT2D eigenvalue weighted by Crippen LogP contribution is -2.33. The van der Waals surface area contributed by atoms with E-state index in [4.69, 9.17) is 0 Å². The van der Waals surface area contributed by atoms with Crippen molar-refractivity contribution in [2.24, 2.45) is 7.05 Å². The van der Waals surface area contributed by atoms with Crippen molar-refractivity contribution in [1.29, 1.82) is 0 Å². The molecule has 0 spiro atoms. The number of pyridine rings is 1. The van der Waals surface area contributed by atoms with E-state index in [-0.39, 0.29) is 0 Å². The third kappa shape index (κ3) is 2.14. The fourth-order valence-corrected chi connectivity index (χ4v) is 4.71. The summed E-state index contributed by atoms with van der Waals surface area (Å²) in [5.74, 6) is 1.14. The lowest BCUT2D eigenvalue weighted by molar-refractivity contribution is -0.633. The molecule has 3 nitrogen and oxygen atoms in total. The number of aromatic nitrogens is 3. The van der Waals surface area contributed by atoms with E-state index in [1.165, 1.54) is 55.7 Å². The molecule has 2 aromatic carbocycles. The summed E-state index contributed by atoms with van der Waals surface area (Å²) >= 11 is 0. The molecule has 0 amide bonds. The summed E-state index contributed by atoms with van der Waals surface area (Å²) in [6.45, 7) is 8.92. The predicted octanol–water partition coefficient (Wildman–Crippen LogP) is 4.65. The zero-order valence-corrected chi connectivity index (χ0v) is 16.6. The van der Waals surface area contributed by atoms with Gasteiger partial charge in [0.25, 0.3) is 0 Å². The van der Waals surface area contributed by atoms with Gasteiger partial charge in [-0.3, -0.25) is 0 Å². The molecule has 5 rings (SSSR count). The summed E-state index contributed by atoms with van der Waals surface area (Å²) in [5, 5.41) is 1.36. The molecule has 27 heavy (non-hydrogen) atoms. The number of fused-ring (bicyclic) bond motifs is 4. The molecule has 2 aromatic heterocycles. The van der Waals surface area contributed by atoms with Crippen molar-refractivity contribution in [3.8, 4) is 16.9 Å². The third-order valence-corrected chi connectivity index (χ3v) is 6.32. The molecule has 4 aromatic rings.